The van der Waals surface area contributed by atoms with Gasteiger partial charge in [-0.1, -0.05) is 13.3 Å². The average molecular weight is 601 g/mol. The fourth-order valence-electron chi connectivity index (χ4n) is 3.36. The molecule has 0 saturated carbocycles. The molecule has 1 aromatic heterocycles. The molecule has 230 valence electrons. The zero-order chi connectivity index (χ0) is 30.8. The summed E-state index contributed by atoms with van der Waals surface area (Å²) in [6.07, 6.45) is -1.52. The molecule has 4 atom stereocenters. The minimum atomic E-state index is -1.75. The largest absolute Gasteiger partial charge is 0.443 e. The number of nitrogens with zero attached hydrogens (tertiary/aromatic N) is 4. The van der Waals surface area contributed by atoms with E-state index in [0.29, 0.717) is 11.5 Å². The molecule has 0 radical (unpaired) electrons. The Bertz CT molecular complexity index is 1080. The van der Waals surface area contributed by atoms with E-state index < -0.39 is 56.1 Å². The minimum Gasteiger partial charge on any atom is -0.443 e. The standard InChI is InChI=1S/C26H41N4O10P/c1-8-9-14-35-41(36-15-10-12-27)37-17-19-18(31)16-21(38-19)29-13-11-20(28-22(29)32)30(23(33)39-25(2,3)4)24(34)40-26(5,6)7/h11,13,18-19,21,31H,8-10,14-17H2,1-7H3/t18-,19+,21+,41?/m0/s1. The summed E-state index contributed by atoms with van der Waals surface area (Å²) in [5.74, 6) is -0.294. The molecule has 2 amide bonds. The lowest BCUT2D eigenvalue weighted by molar-refractivity contribution is -0.0444. The third kappa shape index (κ3) is 11.6. The number of rotatable bonds is 12. The molecule has 2 rings (SSSR count). The zero-order valence-corrected chi connectivity index (χ0v) is 25.6. The maximum absolute atomic E-state index is 13.0. The van der Waals surface area contributed by atoms with Crippen LogP contribution in [0, 0.1) is 11.3 Å². The highest BCUT2D eigenvalue weighted by Gasteiger charge is 2.38. The van der Waals surface area contributed by atoms with Crippen molar-refractivity contribution in [1.29, 1.82) is 5.26 Å². The van der Waals surface area contributed by atoms with E-state index in [4.69, 9.17) is 33.0 Å². The Morgan fingerprint density at radius 3 is 2.29 bits per heavy atom. The van der Waals surface area contributed by atoms with Gasteiger partial charge in [0.05, 0.1) is 38.4 Å². The number of imide groups is 1. The first-order valence-electron chi connectivity index (χ1n) is 13.4. The minimum absolute atomic E-state index is 0.0563. The maximum atomic E-state index is 13.0. The van der Waals surface area contributed by atoms with Crippen molar-refractivity contribution >= 4 is 26.6 Å². The van der Waals surface area contributed by atoms with Gasteiger partial charge in [0, 0.05) is 12.6 Å². The van der Waals surface area contributed by atoms with E-state index in [-0.39, 0.29) is 31.9 Å². The zero-order valence-electron chi connectivity index (χ0n) is 24.7. The molecule has 41 heavy (non-hydrogen) atoms. The SMILES string of the molecule is CCCCOP(OCCC#N)OC[C@H]1O[C@@H](n2ccc(N(C(=O)OC(C)(C)C)C(=O)OC(C)(C)C)nc2=O)C[C@@H]1O. The Hall–Kier alpha value is -2.66. The van der Waals surface area contributed by atoms with Gasteiger partial charge in [0.25, 0.3) is 0 Å². The predicted octanol–water partition coefficient (Wildman–Crippen LogP) is 4.56. The van der Waals surface area contributed by atoms with Crippen molar-refractivity contribution in [3.63, 3.8) is 0 Å². The summed E-state index contributed by atoms with van der Waals surface area (Å²) in [6, 6.07) is 3.26. The predicted molar refractivity (Wildman–Crippen MR) is 148 cm³/mol. The molecule has 1 aliphatic rings. The number of ether oxygens (including phenoxy) is 3. The fraction of sp³-hybridized carbons (Fsp3) is 0.731. The normalized spacial score (nSPS) is 19.8. The summed E-state index contributed by atoms with van der Waals surface area (Å²) in [5.41, 5.74) is -2.69. The van der Waals surface area contributed by atoms with Crippen LogP contribution in [0.25, 0.3) is 0 Å². The van der Waals surface area contributed by atoms with Gasteiger partial charge in [-0.2, -0.15) is 15.1 Å². The number of hydrogen-bond donors (Lipinski definition) is 1. The number of amides is 2. The number of anilines is 1. The van der Waals surface area contributed by atoms with Crippen molar-refractivity contribution in [2.45, 2.75) is 104 Å². The van der Waals surface area contributed by atoms with E-state index >= 15 is 0 Å². The smallest absolute Gasteiger partial charge is 0.425 e. The molecule has 1 unspecified atom stereocenters. The van der Waals surface area contributed by atoms with E-state index in [0.717, 1.165) is 17.4 Å². The first-order valence-corrected chi connectivity index (χ1v) is 14.5. The molecule has 0 bridgehead atoms. The third-order valence-electron chi connectivity index (χ3n) is 5.16. The highest BCUT2D eigenvalue weighted by molar-refractivity contribution is 7.41. The van der Waals surface area contributed by atoms with Crippen LogP contribution in [-0.4, -0.2) is 70.1 Å². The highest BCUT2D eigenvalue weighted by Crippen LogP contribution is 2.41. The molecule has 2 heterocycles. The molecule has 1 fully saturated rings. The van der Waals surface area contributed by atoms with Gasteiger partial charge in [0.1, 0.15) is 23.5 Å². The first-order chi connectivity index (χ1) is 19.1. The van der Waals surface area contributed by atoms with Gasteiger partial charge < -0.3 is 32.9 Å². The van der Waals surface area contributed by atoms with Crippen molar-refractivity contribution in [2.24, 2.45) is 0 Å². The topological polar surface area (TPSA) is 172 Å². The van der Waals surface area contributed by atoms with Gasteiger partial charge in [-0.15, -0.1) is 0 Å². The second-order valence-corrected chi connectivity index (χ2v) is 12.4. The van der Waals surface area contributed by atoms with Crippen LogP contribution >= 0.6 is 8.60 Å². The lowest BCUT2D eigenvalue weighted by Gasteiger charge is -2.28. The number of carbonyl (C=O) groups excluding carboxylic acids is 2. The van der Waals surface area contributed by atoms with E-state index in [9.17, 15) is 19.5 Å². The molecule has 14 nitrogen and oxygen atoms in total. The summed E-state index contributed by atoms with van der Waals surface area (Å²) in [7, 11) is -1.75. The van der Waals surface area contributed by atoms with Crippen LogP contribution in [-0.2, 0) is 27.8 Å². The average Bonchev–Trinajstić information content (AvgIpc) is 3.20. The van der Waals surface area contributed by atoms with Gasteiger partial charge >= 0.3 is 26.5 Å². The number of aliphatic hydroxyl groups excluding tert-OH is 1. The van der Waals surface area contributed by atoms with Gasteiger partial charge in [-0.25, -0.2) is 14.4 Å². The Labute approximate surface area is 241 Å². The van der Waals surface area contributed by atoms with E-state index in [1.165, 1.54) is 12.3 Å². The lowest BCUT2D eigenvalue weighted by atomic mass is 10.2. The van der Waals surface area contributed by atoms with Crippen LogP contribution in [0.5, 0.6) is 0 Å². The molecule has 1 N–H and O–H groups in total. The van der Waals surface area contributed by atoms with Crippen molar-refractivity contribution < 1.29 is 42.5 Å². The molecule has 1 aromatic rings. The van der Waals surface area contributed by atoms with Crippen LogP contribution in [0.1, 0.15) is 80.4 Å². The summed E-state index contributed by atoms with van der Waals surface area (Å²) in [6.45, 7) is 12.3. The fourth-order valence-corrected chi connectivity index (χ4v) is 4.37. The molecule has 1 saturated heterocycles. The molecular weight excluding hydrogens is 559 g/mol. The summed E-state index contributed by atoms with van der Waals surface area (Å²) < 4.78 is 34.5. The Morgan fingerprint density at radius 1 is 1.15 bits per heavy atom. The van der Waals surface area contributed by atoms with Gasteiger partial charge in [0.2, 0.25) is 0 Å². The number of unbranched alkanes of at least 4 members (excludes halogenated alkanes) is 1. The summed E-state index contributed by atoms with van der Waals surface area (Å²) in [4.78, 5) is 43.2. The summed E-state index contributed by atoms with van der Waals surface area (Å²) in [5, 5.41) is 19.3. The van der Waals surface area contributed by atoms with Crippen LogP contribution < -0.4 is 10.6 Å². The number of aromatic nitrogens is 2. The van der Waals surface area contributed by atoms with Crippen LogP contribution in [0.4, 0.5) is 15.4 Å². The van der Waals surface area contributed by atoms with Crippen molar-refractivity contribution in [3.05, 3.63) is 22.7 Å². The Morgan fingerprint density at radius 2 is 1.76 bits per heavy atom. The van der Waals surface area contributed by atoms with Gasteiger partial charge in [-0.05, 0) is 54.0 Å². The Balaban J connectivity index is 2.16. The highest BCUT2D eigenvalue weighted by atomic mass is 31.2. The molecule has 0 aromatic carbocycles. The molecule has 1 aliphatic heterocycles. The second-order valence-electron chi connectivity index (χ2n) is 11.2. The molecule has 15 heteroatoms. The van der Waals surface area contributed by atoms with Crippen LogP contribution in [0.2, 0.25) is 0 Å². The second kappa shape index (κ2) is 15.5. The quantitative estimate of drug-likeness (QED) is 0.262. The van der Waals surface area contributed by atoms with Crippen molar-refractivity contribution in [1.82, 2.24) is 9.55 Å². The third-order valence-corrected chi connectivity index (χ3v) is 6.31. The molecule has 0 spiro atoms. The number of carbonyl (C=O) groups is 2. The summed E-state index contributed by atoms with van der Waals surface area (Å²) >= 11 is 0. The number of nitriles is 1. The Kier molecular flexibility index (Phi) is 13.1. The van der Waals surface area contributed by atoms with Crippen LogP contribution in [0.3, 0.4) is 0 Å². The molecular formula is C26H41N4O10P. The van der Waals surface area contributed by atoms with Gasteiger partial charge in [0.15, 0.2) is 5.82 Å². The van der Waals surface area contributed by atoms with Gasteiger partial charge in [-0.3, -0.25) is 4.57 Å². The number of aliphatic hydroxyl groups is 1. The van der Waals surface area contributed by atoms with Crippen molar-refractivity contribution in [2.75, 3.05) is 24.7 Å². The van der Waals surface area contributed by atoms with Crippen molar-refractivity contribution in [3.8, 4) is 6.07 Å². The maximum Gasteiger partial charge on any atom is 0.425 e. The first kappa shape index (κ1) is 34.5. The van der Waals surface area contributed by atoms with E-state index in [1.54, 1.807) is 41.5 Å². The van der Waals surface area contributed by atoms with E-state index in [2.05, 4.69) is 4.98 Å². The lowest BCUT2D eigenvalue weighted by Crippen LogP contribution is -2.45. The monoisotopic (exact) mass is 600 g/mol. The van der Waals surface area contributed by atoms with E-state index in [1.807, 2.05) is 13.0 Å². The van der Waals surface area contributed by atoms with Crippen LogP contribution in [0.15, 0.2) is 17.1 Å². The molecule has 0 aliphatic carbocycles. The number of hydrogen-bond acceptors (Lipinski definition) is 12.